The Morgan fingerprint density at radius 2 is 2.33 bits per heavy atom. The second-order valence-electron chi connectivity index (χ2n) is 3.74. The Morgan fingerprint density at radius 3 is 2.94 bits per heavy atom. The normalized spacial score (nSPS) is 10.3. The molecule has 6 heteroatoms. The Balaban J connectivity index is 2.22. The summed E-state index contributed by atoms with van der Waals surface area (Å²) in [5.74, 6) is -0.409. The second-order valence-corrected chi connectivity index (χ2v) is 5.12. The number of nitrogens with zero attached hydrogens (tertiary/aromatic N) is 1. The van der Waals surface area contributed by atoms with Gasteiger partial charge in [-0.25, -0.2) is 9.37 Å². The van der Waals surface area contributed by atoms with Gasteiger partial charge in [0.05, 0.1) is 23.3 Å². The molecular formula is C12H12FN3S2. The Morgan fingerprint density at radius 1 is 1.56 bits per heavy atom. The molecule has 94 valence electrons. The number of aromatic nitrogens is 1. The van der Waals surface area contributed by atoms with Gasteiger partial charge in [0.1, 0.15) is 10.8 Å². The zero-order chi connectivity index (χ0) is 13.1. The van der Waals surface area contributed by atoms with Crippen molar-refractivity contribution < 1.29 is 4.39 Å². The van der Waals surface area contributed by atoms with Gasteiger partial charge in [-0.3, -0.25) is 0 Å². The van der Waals surface area contributed by atoms with Crippen LogP contribution in [0.5, 0.6) is 0 Å². The van der Waals surface area contributed by atoms with E-state index in [0.29, 0.717) is 12.2 Å². The molecule has 2 aromatic rings. The maximum absolute atomic E-state index is 13.6. The molecular weight excluding hydrogens is 269 g/mol. The molecule has 1 aromatic heterocycles. The highest BCUT2D eigenvalue weighted by atomic mass is 32.1. The molecule has 0 aliphatic rings. The molecule has 3 N–H and O–H groups in total. The minimum atomic E-state index is -0.409. The zero-order valence-corrected chi connectivity index (χ0v) is 11.4. The van der Waals surface area contributed by atoms with Crippen molar-refractivity contribution in [3.8, 4) is 0 Å². The fraction of sp³-hybridized carbons (Fsp3) is 0.167. The van der Waals surface area contributed by atoms with Gasteiger partial charge in [0.25, 0.3) is 0 Å². The van der Waals surface area contributed by atoms with Crippen LogP contribution in [-0.2, 0) is 6.54 Å². The standard InChI is InChI=1S/C12H12FN3S2/c1-7-10(18-6-16-7)5-15-9-4-2-3-8(13)11(9)12(14)17/h2-4,6,15H,5H2,1H3,(H2,14,17). The first-order valence-electron chi connectivity index (χ1n) is 5.30. The predicted molar refractivity (Wildman–Crippen MR) is 76.5 cm³/mol. The number of nitrogens with one attached hydrogen (secondary N) is 1. The highest BCUT2D eigenvalue weighted by Gasteiger charge is 2.11. The first-order chi connectivity index (χ1) is 8.59. The number of hydrogen-bond acceptors (Lipinski definition) is 4. The van der Waals surface area contributed by atoms with E-state index in [4.69, 9.17) is 18.0 Å². The fourth-order valence-corrected chi connectivity index (χ4v) is 2.52. The lowest BCUT2D eigenvalue weighted by molar-refractivity contribution is 0.626. The lowest BCUT2D eigenvalue weighted by Gasteiger charge is -2.11. The number of aryl methyl sites for hydroxylation is 1. The Labute approximate surface area is 114 Å². The van der Waals surface area contributed by atoms with Crippen molar-refractivity contribution >= 4 is 34.2 Å². The summed E-state index contributed by atoms with van der Waals surface area (Å²) >= 11 is 6.42. The SMILES string of the molecule is Cc1ncsc1CNc1cccc(F)c1C(N)=S. The van der Waals surface area contributed by atoms with Crippen molar-refractivity contribution in [1.82, 2.24) is 4.98 Å². The molecule has 18 heavy (non-hydrogen) atoms. The van der Waals surface area contributed by atoms with E-state index < -0.39 is 5.82 Å². The monoisotopic (exact) mass is 281 g/mol. The molecule has 1 heterocycles. The molecule has 0 saturated heterocycles. The zero-order valence-electron chi connectivity index (χ0n) is 9.74. The van der Waals surface area contributed by atoms with Crippen molar-refractivity contribution in [3.63, 3.8) is 0 Å². The first kappa shape index (κ1) is 12.9. The van der Waals surface area contributed by atoms with Crippen molar-refractivity contribution in [2.45, 2.75) is 13.5 Å². The summed E-state index contributed by atoms with van der Waals surface area (Å²) in [5, 5.41) is 3.14. The van der Waals surface area contributed by atoms with E-state index in [2.05, 4.69) is 10.3 Å². The molecule has 0 saturated carbocycles. The van der Waals surface area contributed by atoms with Crippen LogP contribution < -0.4 is 11.1 Å². The van der Waals surface area contributed by atoms with Gasteiger partial charge in [0.15, 0.2) is 0 Å². The van der Waals surface area contributed by atoms with Crippen LogP contribution in [0.4, 0.5) is 10.1 Å². The lowest BCUT2D eigenvalue weighted by atomic mass is 10.1. The Bertz CT molecular complexity index is 580. The number of halogens is 1. The van der Waals surface area contributed by atoms with E-state index in [1.165, 1.54) is 6.07 Å². The minimum absolute atomic E-state index is 0.0524. The average molecular weight is 281 g/mol. The number of anilines is 1. The van der Waals surface area contributed by atoms with Gasteiger partial charge in [-0.1, -0.05) is 18.3 Å². The molecule has 3 nitrogen and oxygen atoms in total. The first-order valence-corrected chi connectivity index (χ1v) is 6.59. The number of rotatable bonds is 4. The maximum Gasteiger partial charge on any atom is 0.135 e. The van der Waals surface area contributed by atoms with Gasteiger partial charge in [-0.05, 0) is 19.1 Å². The second kappa shape index (κ2) is 5.41. The molecule has 0 spiro atoms. The number of nitrogens with two attached hydrogens (primary N) is 1. The average Bonchev–Trinajstić information content (AvgIpc) is 2.71. The van der Waals surface area contributed by atoms with Crippen LogP contribution in [0.1, 0.15) is 16.1 Å². The van der Waals surface area contributed by atoms with Gasteiger partial charge in [-0.15, -0.1) is 11.3 Å². The van der Waals surface area contributed by atoms with E-state index in [1.807, 2.05) is 6.92 Å². The molecule has 0 amide bonds. The van der Waals surface area contributed by atoms with E-state index in [9.17, 15) is 4.39 Å². The molecule has 0 aliphatic carbocycles. The maximum atomic E-state index is 13.6. The van der Waals surface area contributed by atoms with Crippen LogP contribution in [-0.4, -0.2) is 9.97 Å². The van der Waals surface area contributed by atoms with Crippen molar-refractivity contribution in [3.05, 3.63) is 45.7 Å². The summed E-state index contributed by atoms with van der Waals surface area (Å²) in [6, 6.07) is 4.73. The molecule has 0 bridgehead atoms. The van der Waals surface area contributed by atoms with Crippen LogP contribution in [0.3, 0.4) is 0 Å². The van der Waals surface area contributed by atoms with E-state index in [0.717, 1.165) is 10.6 Å². The molecule has 1 aromatic carbocycles. The smallest absolute Gasteiger partial charge is 0.135 e. The van der Waals surface area contributed by atoms with Gasteiger partial charge >= 0.3 is 0 Å². The summed E-state index contributed by atoms with van der Waals surface area (Å²) in [6.45, 7) is 2.52. The quantitative estimate of drug-likeness (QED) is 0.846. The van der Waals surface area contributed by atoms with Crippen molar-refractivity contribution in [1.29, 1.82) is 0 Å². The molecule has 0 aliphatic heterocycles. The van der Waals surface area contributed by atoms with Crippen LogP contribution >= 0.6 is 23.6 Å². The molecule has 0 radical (unpaired) electrons. The third-order valence-electron chi connectivity index (χ3n) is 2.54. The van der Waals surface area contributed by atoms with Crippen LogP contribution in [0.15, 0.2) is 23.7 Å². The third kappa shape index (κ3) is 2.65. The summed E-state index contributed by atoms with van der Waals surface area (Å²) in [6.07, 6.45) is 0. The van der Waals surface area contributed by atoms with Gasteiger partial charge in [-0.2, -0.15) is 0 Å². The van der Waals surface area contributed by atoms with E-state index >= 15 is 0 Å². The number of hydrogen-bond donors (Lipinski definition) is 2. The van der Waals surface area contributed by atoms with Gasteiger partial charge in [0, 0.05) is 10.6 Å². The molecule has 0 unspecified atom stereocenters. The Kier molecular flexibility index (Phi) is 3.88. The summed E-state index contributed by atoms with van der Waals surface area (Å²) in [7, 11) is 0. The largest absolute Gasteiger partial charge is 0.389 e. The highest BCUT2D eigenvalue weighted by molar-refractivity contribution is 7.80. The van der Waals surface area contributed by atoms with Gasteiger partial charge < -0.3 is 11.1 Å². The highest BCUT2D eigenvalue weighted by Crippen LogP contribution is 2.21. The third-order valence-corrected chi connectivity index (χ3v) is 3.68. The summed E-state index contributed by atoms with van der Waals surface area (Å²) in [5.41, 5.74) is 9.16. The van der Waals surface area contributed by atoms with Crippen LogP contribution in [0, 0.1) is 12.7 Å². The number of thiazole rings is 1. The summed E-state index contributed by atoms with van der Waals surface area (Å²) < 4.78 is 13.6. The van der Waals surface area contributed by atoms with Crippen LogP contribution in [0.25, 0.3) is 0 Å². The van der Waals surface area contributed by atoms with E-state index in [-0.39, 0.29) is 10.6 Å². The van der Waals surface area contributed by atoms with Crippen molar-refractivity contribution in [2.24, 2.45) is 5.73 Å². The lowest BCUT2D eigenvalue weighted by Crippen LogP contribution is -2.15. The van der Waals surface area contributed by atoms with Crippen molar-refractivity contribution in [2.75, 3.05) is 5.32 Å². The van der Waals surface area contributed by atoms with E-state index in [1.54, 1.807) is 29.0 Å². The Hall–Kier alpha value is -1.53. The number of benzene rings is 1. The molecule has 2 rings (SSSR count). The van der Waals surface area contributed by atoms with Crippen LogP contribution in [0.2, 0.25) is 0 Å². The predicted octanol–water partition coefficient (Wildman–Crippen LogP) is 2.84. The molecule has 0 atom stereocenters. The topological polar surface area (TPSA) is 50.9 Å². The summed E-state index contributed by atoms with van der Waals surface area (Å²) in [4.78, 5) is 5.32. The molecule has 0 fully saturated rings. The van der Waals surface area contributed by atoms with Gasteiger partial charge in [0.2, 0.25) is 0 Å². The number of thiocarbonyl (C=S) groups is 1. The fourth-order valence-electron chi connectivity index (χ4n) is 1.59. The minimum Gasteiger partial charge on any atom is -0.389 e.